The van der Waals surface area contributed by atoms with Crippen LogP contribution in [0.5, 0.6) is 5.75 Å². The molecule has 0 atom stereocenters. The predicted octanol–water partition coefficient (Wildman–Crippen LogP) is 5.08. The maximum absolute atomic E-state index is 12.4. The molecule has 5 nitrogen and oxygen atoms in total. The molecule has 1 fully saturated rings. The number of hydrogen-bond donors (Lipinski definition) is 2. The van der Waals surface area contributed by atoms with Gasteiger partial charge in [0.15, 0.2) is 0 Å². The Morgan fingerprint density at radius 3 is 2.48 bits per heavy atom. The summed E-state index contributed by atoms with van der Waals surface area (Å²) in [5.74, 6) is 0.705. The minimum atomic E-state index is -0.106. The molecule has 1 saturated carbocycles. The van der Waals surface area contributed by atoms with E-state index < -0.39 is 0 Å². The molecule has 3 aromatic rings. The van der Waals surface area contributed by atoms with E-state index >= 15 is 0 Å². The number of ether oxygens (including phenoxy) is 1. The molecule has 0 bridgehead atoms. The summed E-state index contributed by atoms with van der Waals surface area (Å²) in [6.45, 7) is 0.539. The van der Waals surface area contributed by atoms with E-state index in [9.17, 15) is 4.79 Å². The molecule has 0 saturated heterocycles. The minimum absolute atomic E-state index is 0.106. The fourth-order valence-corrected chi connectivity index (χ4v) is 3.50. The van der Waals surface area contributed by atoms with Gasteiger partial charge < -0.3 is 15.4 Å². The second kappa shape index (κ2) is 9.24. The van der Waals surface area contributed by atoms with Crippen molar-refractivity contribution >= 4 is 17.3 Å². The Labute approximate surface area is 171 Å². The van der Waals surface area contributed by atoms with Crippen LogP contribution in [0.4, 0.5) is 11.4 Å². The van der Waals surface area contributed by atoms with Crippen LogP contribution in [-0.4, -0.2) is 16.9 Å². The molecular formula is C24H25N3O2. The van der Waals surface area contributed by atoms with Crippen molar-refractivity contribution in [3.05, 3.63) is 84.2 Å². The van der Waals surface area contributed by atoms with Gasteiger partial charge in [-0.15, -0.1) is 0 Å². The third kappa shape index (κ3) is 5.35. The fourth-order valence-electron chi connectivity index (χ4n) is 3.50. The Balaban J connectivity index is 1.34. The van der Waals surface area contributed by atoms with E-state index in [-0.39, 0.29) is 11.9 Å². The highest BCUT2D eigenvalue weighted by atomic mass is 16.5. The maximum Gasteiger partial charge on any atom is 0.270 e. The molecule has 2 N–H and O–H groups in total. The molecule has 1 aromatic heterocycles. The van der Waals surface area contributed by atoms with Gasteiger partial charge >= 0.3 is 0 Å². The Kier molecular flexibility index (Phi) is 6.05. The second-order valence-electron chi connectivity index (χ2n) is 7.31. The first-order chi connectivity index (χ1) is 14.3. The molecule has 1 aliphatic carbocycles. The molecular weight excluding hydrogens is 362 g/mol. The number of aromatic nitrogens is 1. The molecule has 0 spiro atoms. The smallest absolute Gasteiger partial charge is 0.270 e. The number of amides is 1. The highest BCUT2D eigenvalue weighted by Gasteiger charge is 2.18. The third-order valence-corrected chi connectivity index (χ3v) is 5.07. The van der Waals surface area contributed by atoms with Crippen LogP contribution in [0, 0.1) is 0 Å². The van der Waals surface area contributed by atoms with Crippen molar-refractivity contribution in [3.8, 4) is 5.75 Å². The highest BCUT2D eigenvalue weighted by Crippen LogP contribution is 2.22. The molecule has 1 heterocycles. The van der Waals surface area contributed by atoms with Crippen LogP contribution in [0.3, 0.4) is 0 Å². The number of nitrogens with zero attached hydrogens (tertiary/aromatic N) is 1. The monoisotopic (exact) mass is 387 g/mol. The molecule has 0 radical (unpaired) electrons. The zero-order chi connectivity index (χ0) is 19.9. The van der Waals surface area contributed by atoms with Gasteiger partial charge in [-0.25, -0.2) is 0 Å². The number of nitrogens with one attached hydrogen (secondary N) is 2. The molecule has 0 aliphatic heterocycles. The van der Waals surface area contributed by atoms with E-state index in [1.54, 1.807) is 12.3 Å². The number of hydrogen-bond acceptors (Lipinski definition) is 4. The minimum Gasteiger partial charge on any atom is -0.489 e. The van der Waals surface area contributed by atoms with Crippen molar-refractivity contribution in [1.29, 1.82) is 0 Å². The number of carbonyl (C=O) groups is 1. The molecule has 0 unspecified atom stereocenters. The second-order valence-corrected chi connectivity index (χ2v) is 7.31. The van der Waals surface area contributed by atoms with E-state index in [2.05, 4.69) is 15.6 Å². The molecule has 1 amide bonds. The average molecular weight is 387 g/mol. The third-order valence-electron chi connectivity index (χ3n) is 5.07. The Morgan fingerprint density at radius 1 is 0.966 bits per heavy atom. The van der Waals surface area contributed by atoms with E-state index in [4.69, 9.17) is 4.74 Å². The van der Waals surface area contributed by atoms with Crippen LogP contribution in [0.15, 0.2) is 72.9 Å². The van der Waals surface area contributed by atoms with Gasteiger partial charge in [-0.1, -0.05) is 43.2 Å². The summed E-state index contributed by atoms with van der Waals surface area (Å²) < 4.78 is 5.82. The van der Waals surface area contributed by atoms with Crippen LogP contribution in [0.2, 0.25) is 0 Å². The van der Waals surface area contributed by atoms with Gasteiger partial charge in [0.1, 0.15) is 18.1 Å². The average Bonchev–Trinajstić information content (AvgIpc) is 3.27. The van der Waals surface area contributed by atoms with Crippen LogP contribution in [0.25, 0.3) is 0 Å². The van der Waals surface area contributed by atoms with Crippen molar-refractivity contribution in [2.45, 2.75) is 38.3 Å². The van der Waals surface area contributed by atoms with Gasteiger partial charge in [0, 0.05) is 23.6 Å². The normalized spacial score (nSPS) is 13.8. The van der Waals surface area contributed by atoms with Crippen LogP contribution in [0.1, 0.15) is 41.7 Å². The first-order valence-electron chi connectivity index (χ1n) is 10.1. The van der Waals surface area contributed by atoms with Crippen molar-refractivity contribution in [2.75, 3.05) is 5.32 Å². The van der Waals surface area contributed by atoms with Crippen molar-refractivity contribution in [1.82, 2.24) is 10.3 Å². The maximum atomic E-state index is 12.4. The van der Waals surface area contributed by atoms with Gasteiger partial charge in [-0.2, -0.15) is 0 Å². The topological polar surface area (TPSA) is 63.2 Å². The van der Waals surface area contributed by atoms with E-state index in [1.807, 2.05) is 60.7 Å². The number of benzene rings is 2. The summed E-state index contributed by atoms with van der Waals surface area (Å²) in [5.41, 5.74) is 3.32. The summed E-state index contributed by atoms with van der Waals surface area (Å²) in [5, 5.41) is 6.39. The van der Waals surface area contributed by atoms with Gasteiger partial charge in [-0.3, -0.25) is 9.78 Å². The van der Waals surface area contributed by atoms with Crippen molar-refractivity contribution in [3.63, 3.8) is 0 Å². The van der Waals surface area contributed by atoms with Crippen LogP contribution >= 0.6 is 0 Å². The van der Waals surface area contributed by atoms with Crippen LogP contribution in [-0.2, 0) is 6.61 Å². The molecule has 2 aromatic carbocycles. The van der Waals surface area contributed by atoms with Gasteiger partial charge in [-0.05, 0) is 54.8 Å². The lowest BCUT2D eigenvalue weighted by Crippen LogP contribution is -2.33. The van der Waals surface area contributed by atoms with Crippen LogP contribution < -0.4 is 15.4 Å². The van der Waals surface area contributed by atoms with Gasteiger partial charge in [0.05, 0.1) is 0 Å². The summed E-state index contributed by atoms with van der Waals surface area (Å²) in [4.78, 5) is 16.6. The summed E-state index contributed by atoms with van der Waals surface area (Å²) >= 11 is 0. The van der Waals surface area contributed by atoms with Crippen molar-refractivity contribution in [2.24, 2.45) is 0 Å². The van der Waals surface area contributed by atoms with Gasteiger partial charge in [0.25, 0.3) is 5.91 Å². The standard InChI is InChI=1S/C24H25N3O2/c28-24(27-19-8-4-5-9-19)23-16-21(14-15-25-23)26-20-10-12-22(13-11-20)29-17-18-6-2-1-3-7-18/h1-3,6-7,10-16,19H,4-5,8-9,17H2,(H,25,26)(H,27,28). The molecule has 1 aliphatic rings. The SMILES string of the molecule is O=C(NC1CCCC1)c1cc(Nc2ccc(OCc3ccccc3)cc2)ccn1. The zero-order valence-electron chi connectivity index (χ0n) is 16.3. The lowest BCUT2D eigenvalue weighted by atomic mass is 10.2. The van der Waals surface area contributed by atoms with Crippen molar-refractivity contribution < 1.29 is 9.53 Å². The Bertz CT molecular complexity index is 936. The first-order valence-corrected chi connectivity index (χ1v) is 10.1. The number of anilines is 2. The lowest BCUT2D eigenvalue weighted by Gasteiger charge is -2.12. The molecule has 29 heavy (non-hydrogen) atoms. The zero-order valence-corrected chi connectivity index (χ0v) is 16.3. The Morgan fingerprint density at radius 2 is 1.72 bits per heavy atom. The molecule has 5 heteroatoms. The molecule has 148 valence electrons. The number of carbonyl (C=O) groups excluding carboxylic acids is 1. The molecule has 4 rings (SSSR count). The first kappa shape index (κ1) is 19.0. The summed E-state index contributed by atoms with van der Waals surface area (Å²) in [6, 6.07) is 21.8. The predicted molar refractivity (Wildman–Crippen MR) is 114 cm³/mol. The largest absolute Gasteiger partial charge is 0.489 e. The van der Waals surface area contributed by atoms with E-state index in [0.717, 1.165) is 35.5 Å². The van der Waals surface area contributed by atoms with E-state index in [1.165, 1.54) is 12.8 Å². The quantitative estimate of drug-likeness (QED) is 0.594. The number of pyridine rings is 1. The fraction of sp³-hybridized carbons (Fsp3) is 0.250. The van der Waals surface area contributed by atoms with Gasteiger partial charge in [0.2, 0.25) is 0 Å². The lowest BCUT2D eigenvalue weighted by molar-refractivity contribution is 0.0933. The number of rotatable bonds is 7. The highest BCUT2D eigenvalue weighted by molar-refractivity contribution is 5.93. The summed E-state index contributed by atoms with van der Waals surface area (Å²) in [6.07, 6.45) is 6.14. The van der Waals surface area contributed by atoms with E-state index in [0.29, 0.717) is 12.3 Å². The Hall–Kier alpha value is -3.34. The summed E-state index contributed by atoms with van der Waals surface area (Å²) in [7, 11) is 0.